The van der Waals surface area contributed by atoms with Gasteiger partial charge in [-0.3, -0.25) is 9.59 Å². The van der Waals surface area contributed by atoms with Crippen molar-refractivity contribution in [3.8, 4) is 0 Å². The molecule has 1 heterocycles. The number of esters is 2. The highest BCUT2D eigenvalue weighted by molar-refractivity contribution is 5.76. The first kappa shape index (κ1) is 17.9. The molecule has 0 saturated carbocycles. The Bertz CT molecular complexity index is 390. The minimum atomic E-state index is -1.01. The molecular formula is C15H26O6. The third kappa shape index (κ3) is 5.28. The highest BCUT2D eigenvalue weighted by Crippen LogP contribution is 2.26. The van der Waals surface area contributed by atoms with Crippen molar-refractivity contribution in [2.45, 2.75) is 66.5 Å². The van der Waals surface area contributed by atoms with Gasteiger partial charge in [0, 0.05) is 6.42 Å². The van der Waals surface area contributed by atoms with Crippen LogP contribution in [0.3, 0.4) is 0 Å². The molecule has 0 aromatic rings. The molecule has 1 N–H and O–H groups in total. The van der Waals surface area contributed by atoms with E-state index in [4.69, 9.17) is 14.2 Å². The summed E-state index contributed by atoms with van der Waals surface area (Å²) in [6, 6.07) is 0. The SMILES string of the molecule is CC(C)(C)C(=O)OC[C@H]1OC(O)C[C@@H]1OC(=O)C(C)(C)C. The van der Waals surface area contributed by atoms with Crippen molar-refractivity contribution in [2.75, 3.05) is 6.61 Å². The fraction of sp³-hybridized carbons (Fsp3) is 0.867. The molecule has 1 fully saturated rings. The Morgan fingerprint density at radius 2 is 1.62 bits per heavy atom. The lowest BCUT2D eigenvalue weighted by Crippen LogP contribution is -2.36. The van der Waals surface area contributed by atoms with Gasteiger partial charge in [0.2, 0.25) is 0 Å². The van der Waals surface area contributed by atoms with Crippen LogP contribution >= 0.6 is 0 Å². The second kappa shape index (κ2) is 6.32. The Hall–Kier alpha value is -1.14. The Morgan fingerprint density at radius 3 is 2.10 bits per heavy atom. The van der Waals surface area contributed by atoms with E-state index >= 15 is 0 Å². The first-order chi connectivity index (χ1) is 9.41. The van der Waals surface area contributed by atoms with E-state index in [0.717, 1.165) is 0 Å². The van der Waals surface area contributed by atoms with E-state index < -0.39 is 29.3 Å². The van der Waals surface area contributed by atoms with Gasteiger partial charge in [-0.25, -0.2) is 0 Å². The topological polar surface area (TPSA) is 82.1 Å². The molecule has 6 heteroatoms. The highest BCUT2D eigenvalue weighted by atomic mass is 16.7. The van der Waals surface area contributed by atoms with E-state index in [2.05, 4.69) is 0 Å². The van der Waals surface area contributed by atoms with Crippen LogP contribution in [0, 0.1) is 10.8 Å². The Labute approximate surface area is 125 Å². The molecule has 0 amide bonds. The number of hydrogen-bond acceptors (Lipinski definition) is 6. The number of carbonyl (C=O) groups excluding carboxylic acids is 2. The molecule has 6 nitrogen and oxygen atoms in total. The molecule has 21 heavy (non-hydrogen) atoms. The van der Waals surface area contributed by atoms with Crippen molar-refractivity contribution < 1.29 is 28.9 Å². The second-order valence-corrected chi connectivity index (χ2v) is 7.41. The lowest BCUT2D eigenvalue weighted by molar-refractivity contribution is -0.170. The number of carbonyl (C=O) groups is 2. The third-order valence-electron chi connectivity index (χ3n) is 3.04. The van der Waals surface area contributed by atoms with E-state index in [1.54, 1.807) is 41.5 Å². The normalized spacial score (nSPS) is 26.5. The van der Waals surface area contributed by atoms with E-state index in [9.17, 15) is 14.7 Å². The van der Waals surface area contributed by atoms with Crippen molar-refractivity contribution in [1.82, 2.24) is 0 Å². The smallest absolute Gasteiger partial charge is 0.311 e. The second-order valence-electron chi connectivity index (χ2n) is 7.41. The number of rotatable bonds is 3. The van der Waals surface area contributed by atoms with Gasteiger partial charge in [-0.2, -0.15) is 0 Å². The van der Waals surface area contributed by atoms with E-state index in [1.165, 1.54) is 0 Å². The minimum absolute atomic E-state index is 0.0464. The largest absolute Gasteiger partial charge is 0.462 e. The molecule has 3 atom stereocenters. The molecule has 1 unspecified atom stereocenters. The molecule has 0 aromatic heterocycles. The molecule has 122 valence electrons. The summed E-state index contributed by atoms with van der Waals surface area (Å²) in [5.74, 6) is -0.745. The summed E-state index contributed by atoms with van der Waals surface area (Å²) < 4.78 is 15.8. The van der Waals surface area contributed by atoms with Gasteiger partial charge in [0.05, 0.1) is 10.8 Å². The van der Waals surface area contributed by atoms with Gasteiger partial charge in [-0.05, 0) is 41.5 Å². The molecule has 0 aliphatic carbocycles. The monoisotopic (exact) mass is 302 g/mol. The fourth-order valence-electron chi connectivity index (χ4n) is 1.65. The van der Waals surface area contributed by atoms with Crippen LogP contribution in [0.4, 0.5) is 0 Å². The van der Waals surface area contributed by atoms with Crippen molar-refractivity contribution >= 4 is 11.9 Å². The van der Waals surface area contributed by atoms with Crippen LogP contribution in [0.5, 0.6) is 0 Å². The zero-order valence-electron chi connectivity index (χ0n) is 13.6. The predicted octanol–water partition coefficient (Wildman–Crippen LogP) is 1.64. The zero-order chi connectivity index (χ0) is 16.4. The zero-order valence-corrected chi connectivity index (χ0v) is 13.6. The van der Waals surface area contributed by atoms with Crippen molar-refractivity contribution in [2.24, 2.45) is 10.8 Å². The summed E-state index contributed by atoms with van der Waals surface area (Å²) in [5, 5.41) is 9.56. The van der Waals surface area contributed by atoms with Crippen molar-refractivity contribution in [1.29, 1.82) is 0 Å². The van der Waals surface area contributed by atoms with Crippen LogP contribution in [0.15, 0.2) is 0 Å². The van der Waals surface area contributed by atoms with Crippen molar-refractivity contribution in [3.05, 3.63) is 0 Å². The Morgan fingerprint density at radius 1 is 1.10 bits per heavy atom. The summed E-state index contributed by atoms with van der Waals surface area (Å²) in [6.45, 7) is 10.4. The number of aliphatic hydroxyl groups is 1. The van der Waals surface area contributed by atoms with Crippen LogP contribution in [0.25, 0.3) is 0 Å². The lowest BCUT2D eigenvalue weighted by atomic mass is 9.97. The van der Waals surface area contributed by atoms with Crippen LogP contribution in [0.1, 0.15) is 48.0 Å². The minimum Gasteiger partial charge on any atom is -0.462 e. The number of ether oxygens (including phenoxy) is 3. The van der Waals surface area contributed by atoms with E-state index in [0.29, 0.717) is 0 Å². The molecular weight excluding hydrogens is 276 g/mol. The lowest BCUT2D eigenvalue weighted by Gasteiger charge is -2.24. The third-order valence-corrected chi connectivity index (χ3v) is 3.04. The van der Waals surface area contributed by atoms with Gasteiger partial charge in [0.15, 0.2) is 6.29 Å². The van der Waals surface area contributed by atoms with Crippen LogP contribution in [0.2, 0.25) is 0 Å². The average molecular weight is 302 g/mol. The maximum absolute atomic E-state index is 11.9. The molecule has 0 bridgehead atoms. The van der Waals surface area contributed by atoms with Gasteiger partial charge < -0.3 is 19.3 Å². The molecule has 0 radical (unpaired) electrons. The average Bonchev–Trinajstić information content (AvgIpc) is 2.63. The molecule has 1 aliphatic rings. The van der Waals surface area contributed by atoms with E-state index in [-0.39, 0.29) is 25.0 Å². The number of hydrogen-bond donors (Lipinski definition) is 1. The van der Waals surface area contributed by atoms with Gasteiger partial charge in [-0.15, -0.1) is 0 Å². The first-order valence-corrected chi connectivity index (χ1v) is 7.13. The summed E-state index contributed by atoms with van der Waals surface area (Å²) in [6.07, 6.45) is -2.09. The summed E-state index contributed by atoms with van der Waals surface area (Å²) >= 11 is 0. The quantitative estimate of drug-likeness (QED) is 0.798. The van der Waals surface area contributed by atoms with Gasteiger partial charge in [0.25, 0.3) is 0 Å². The van der Waals surface area contributed by atoms with Gasteiger partial charge in [0.1, 0.15) is 18.8 Å². The Kier molecular flexibility index (Phi) is 5.39. The standard InChI is InChI=1S/C15H26O6/c1-14(2,3)12(17)19-8-10-9(7-11(16)20-10)21-13(18)15(4,5)6/h9-11,16H,7-8H2,1-6H3/t9-,10+,11?/m0/s1. The maximum Gasteiger partial charge on any atom is 0.311 e. The molecule has 1 aliphatic heterocycles. The fourth-order valence-corrected chi connectivity index (χ4v) is 1.65. The van der Waals surface area contributed by atoms with Gasteiger partial charge >= 0.3 is 11.9 Å². The Balaban J connectivity index is 2.59. The summed E-state index contributed by atoms with van der Waals surface area (Å²) in [4.78, 5) is 23.6. The molecule has 0 spiro atoms. The maximum atomic E-state index is 11.9. The molecule has 1 rings (SSSR count). The van der Waals surface area contributed by atoms with Crippen LogP contribution in [-0.4, -0.2) is 42.1 Å². The van der Waals surface area contributed by atoms with Crippen LogP contribution < -0.4 is 0 Å². The predicted molar refractivity (Wildman–Crippen MR) is 75.2 cm³/mol. The number of aliphatic hydroxyl groups excluding tert-OH is 1. The van der Waals surface area contributed by atoms with Gasteiger partial charge in [-0.1, -0.05) is 0 Å². The molecule has 1 saturated heterocycles. The van der Waals surface area contributed by atoms with Crippen molar-refractivity contribution in [3.63, 3.8) is 0 Å². The summed E-state index contributed by atoms with van der Waals surface area (Å²) in [7, 11) is 0. The van der Waals surface area contributed by atoms with E-state index in [1.807, 2.05) is 0 Å². The van der Waals surface area contributed by atoms with Crippen LogP contribution in [-0.2, 0) is 23.8 Å². The highest BCUT2D eigenvalue weighted by Gasteiger charge is 2.40. The first-order valence-electron chi connectivity index (χ1n) is 7.13. The molecule has 0 aromatic carbocycles. The summed E-state index contributed by atoms with van der Waals surface area (Å²) in [5.41, 5.74) is -1.25.